The fraction of sp³-hybridized carbons (Fsp3) is 0.769. The number of nitrogens with one attached hydrogen (secondary N) is 1. The number of rotatable bonds is 3. The van der Waals surface area contributed by atoms with E-state index in [9.17, 15) is 0 Å². The van der Waals surface area contributed by atoms with Gasteiger partial charge < -0.3 is 10.2 Å². The third-order valence-electron chi connectivity index (χ3n) is 3.25. The Morgan fingerprint density at radius 3 is 2.82 bits per heavy atom. The van der Waals surface area contributed by atoms with Crippen LogP contribution in [0.3, 0.4) is 0 Å². The third kappa shape index (κ3) is 3.50. The van der Waals surface area contributed by atoms with Gasteiger partial charge in [0.1, 0.15) is 5.01 Å². The van der Waals surface area contributed by atoms with Crippen LogP contribution < -0.4 is 5.32 Å². The van der Waals surface area contributed by atoms with E-state index in [0.29, 0.717) is 6.04 Å². The Bertz CT molecular complexity index is 367. The number of hydrogen-bond donors (Lipinski definition) is 1. The molecule has 1 N–H and O–H groups in total. The fourth-order valence-corrected chi connectivity index (χ4v) is 3.04. The van der Waals surface area contributed by atoms with Crippen molar-refractivity contribution in [2.45, 2.75) is 45.2 Å². The summed E-state index contributed by atoms with van der Waals surface area (Å²) >= 11 is 1.77. The van der Waals surface area contributed by atoms with Crippen LogP contribution >= 0.6 is 11.3 Å². The lowest BCUT2D eigenvalue weighted by atomic mass is 9.93. The minimum atomic E-state index is 0.169. The molecule has 1 aromatic rings. The summed E-state index contributed by atoms with van der Waals surface area (Å²) in [7, 11) is 2.18. The molecule has 1 saturated heterocycles. The van der Waals surface area contributed by atoms with E-state index in [2.05, 4.69) is 43.4 Å². The Hall–Kier alpha value is -0.450. The molecule has 3 nitrogen and oxygen atoms in total. The molecule has 0 saturated carbocycles. The smallest absolute Gasteiger partial charge is 0.107 e. The van der Waals surface area contributed by atoms with Crippen LogP contribution in [0.1, 0.15) is 37.9 Å². The predicted octanol–water partition coefficient (Wildman–Crippen LogP) is 2.23. The largest absolute Gasteiger partial charge is 0.306 e. The van der Waals surface area contributed by atoms with Gasteiger partial charge in [0.2, 0.25) is 0 Å². The van der Waals surface area contributed by atoms with E-state index >= 15 is 0 Å². The average molecular weight is 253 g/mol. The summed E-state index contributed by atoms with van der Waals surface area (Å²) in [6.07, 6.45) is 1.26. The van der Waals surface area contributed by atoms with Gasteiger partial charge in [-0.2, -0.15) is 0 Å². The Morgan fingerprint density at radius 1 is 1.53 bits per heavy atom. The van der Waals surface area contributed by atoms with Crippen molar-refractivity contribution in [2.24, 2.45) is 0 Å². The SMILES string of the molecule is CN1CCC(NCc2nc(C(C)(C)C)cs2)C1. The van der Waals surface area contributed by atoms with Gasteiger partial charge in [0.15, 0.2) is 0 Å². The zero-order valence-electron chi connectivity index (χ0n) is 11.3. The second-order valence-corrected chi connectivity index (χ2v) is 6.95. The molecule has 1 aliphatic heterocycles. The van der Waals surface area contributed by atoms with Crippen LogP contribution in [0.2, 0.25) is 0 Å². The standard InChI is InChI=1S/C13H23N3S/c1-13(2,3)11-9-17-12(15-11)7-14-10-5-6-16(4)8-10/h9-10,14H,5-8H2,1-4H3. The van der Waals surface area contributed by atoms with Crippen molar-refractivity contribution in [1.29, 1.82) is 0 Å². The van der Waals surface area contributed by atoms with Gasteiger partial charge in [-0.05, 0) is 20.0 Å². The first-order valence-corrected chi connectivity index (χ1v) is 7.20. The normalized spacial score (nSPS) is 22.2. The summed E-state index contributed by atoms with van der Waals surface area (Å²) in [6.45, 7) is 9.93. The van der Waals surface area contributed by atoms with Crippen molar-refractivity contribution in [3.8, 4) is 0 Å². The molecule has 0 spiro atoms. The van der Waals surface area contributed by atoms with Crippen molar-refractivity contribution in [3.63, 3.8) is 0 Å². The predicted molar refractivity (Wildman–Crippen MR) is 73.6 cm³/mol. The van der Waals surface area contributed by atoms with E-state index in [1.54, 1.807) is 11.3 Å². The second kappa shape index (κ2) is 5.04. The molecule has 0 radical (unpaired) electrons. The zero-order chi connectivity index (χ0) is 12.5. The lowest BCUT2D eigenvalue weighted by Crippen LogP contribution is -2.30. The summed E-state index contributed by atoms with van der Waals surface area (Å²) in [6, 6.07) is 0.641. The Balaban J connectivity index is 1.85. The minimum absolute atomic E-state index is 0.169. The maximum Gasteiger partial charge on any atom is 0.107 e. The van der Waals surface area contributed by atoms with Crippen LogP contribution in [0, 0.1) is 0 Å². The molecule has 1 aliphatic rings. The van der Waals surface area contributed by atoms with Gasteiger partial charge in [-0.15, -0.1) is 11.3 Å². The number of likely N-dealkylation sites (tertiary alicyclic amines) is 1. The van der Waals surface area contributed by atoms with Crippen molar-refractivity contribution in [2.75, 3.05) is 20.1 Å². The molecular formula is C13H23N3S. The third-order valence-corrected chi connectivity index (χ3v) is 4.10. The van der Waals surface area contributed by atoms with E-state index in [1.807, 2.05) is 0 Å². The summed E-state index contributed by atoms with van der Waals surface area (Å²) in [5.41, 5.74) is 1.38. The van der Waals surface area contributed by atoms with E-state index in [0.717, 1.165) is 13.1 Å². The lowest BCUT2D eigenvalue weighted by Gasteiger charge is -2.14. The molecule has 2 rings (SSSR count). The van der Waals surface area contributed by atoms with Crippen LogP contribution in [0.25, 0.3) is 0 Å². The Labute approximate surface area is 108 Å². The minimum Gasteiger partial charge on any atom is -0.306 e. The first-order valence-electron chi connectivity index (χ1n) is 6.32. The lowest BCUT2D eigenvalue weighted by molar-refractivity contribution is 0.397. The molecule has 96 valence electrons. The molecule has 0 amide bonds. The number of aromatic nitrogens is 1. The van der Waals surface area contributed by atoms with Gasteiger partial charge >= 0.3 is 0 Å². The highest BCUT2D eigenvalue weighted by Gasteiger charge is 2.20. The van der Waals surface area contributed by atoms with Crippen LogP contribution in [-0.2, 0) is 12.0 Å². The molecule has 4 heteroatoms. The molecule has 1 aromatic heterocycles. The maximum atomic E-state index is 4.70. The summed E-state index contributed by atoms with van der Waals surface area (Å²) in [5, 5.41) is 7.00. The average Bonchev–Trinajstić information content (AvgIpc) is 2.82. The quantitative estimate of drug-likeness (QED) is 0.895. The van der Waals surface area contributed by atoms with Gasteiger partial charge in [0, 0.05) is 29.9 Å². The van der Waals surface area contributed by atoms with Crippen molar-refractivity contribution in [1.82, 2.24) is 15.2 Å². The van der Waals surface area contributed by atoms with E-state index < -0.39 is 0 Å². The second-order valence-electron chi connectivity index (χ2n) is 6.01. The van der Waals surface area contributed by atoms with Crippen molar-refractivity contribution < 1.29 is 0 Å². The van der Waals surface area contributed by atoms with Crippen LogP contribution in [0.5, 0.6) is 0 Å². The molecule has 0 bridgehead atoms. The van der Waals surface area contributed by atoms with Crippen LogP contribution in [0.15, 0.2) is 5.38 Å². The van der Waals surface area contributed by atoms with Gasteiger partial charge in [-0.3, -0.25) is 0 Å². The highest BCUT2D eigenvalue weighted by atomic mass is 32.1. The molecule has 1 fully saturated rings. The highest BCUT2D eigenvalue weighted by molar-refractivity contribution is 7.09. The summed E-state index contributed by atoms with van der Waals surface area (Å²) in [4.78, 5) is 7.08. The highest BCUT2D eigenvalue weighted by Crippen LogP contribution is 2.23. The first-order chi connectivity index (χ1) is 7.95. The molecule has 17 heavy (non-hydrogen) atoms. The van der Waals surface area contributed by atoms with Crippen LogP contribution in [0.4, 0.5) is 0 Å². The number of thiazole rings is 1. The summed E-state index contributed by atoms with van der Waals surface area (Å²) < 4.78 is 0. The molecule has 1 atom stereocenters. The van der Waals surface area contributed by atoms with Gasteiger partial charge in [-0.25, -0.2) is 4.98 Å². The molecule has 0 aromatic carbocycles. The first kappa shape index (κ1) is 13.0. The Kier molecular flexibility index (Phi) is 3.85. The number of nitrogens with zero attached hydrogens (tertiary/aromatic N) is 2. The van der Waals surface area contributed by atoms with Gasteiger partial charge in [0.05, 0.1) is 5.69 Å². The fourth-order valence-electron chi connectivity index (χ4n) is 2.07. The monoisotopic (exact) mass is 253 g/mol. The molecular weight excluding hydrogens is 230 g/mol. The Morgan fingerprint density at radius 2 is 2.29 bits per heavy atom. The maximum absolute atomic E-state index is 4.70. The van der Waals surface area contributed by atoms with Crippen molar-refractivity contribution in [3.05, 3.63) is 16.1 Å². The van der Waals surface area contributed by atoms with E-state index in [1.165, 1.54) is 23.7 Å². The molecule has 2 heterocycles. The topological polar surface area (TPSA) is 28.2 Å². The molecule has 1 unspecified atom stereocenters. The zero-order valence-corrected chi connectivity index (χ0v) is 12.1. The van der Waals surface area contributed by atoms with E-state index in [-0.39, 0.29) is 5.41 Å². The summed E-state index contributed by atoms with van der Waals surface area (Å²) in [5.74, 6) is 0. The number of likely N-dealkylation sites (N-methyl/N-ethyl adjacent to an activating group) is 1. The van der Waals surface area contributed by atoms with E-state index in [4.69, 9.17) is 4.98 Å². The van der Waals surface area contributed by atoms with Gasteiger partial charge in [-0.1, -0.05) is 20.8 Å². The molecule has 0 aliphatic carbocycles. The number of hydrogen-bond acceptors (Lipinski definition) is 4. The van der Waals surface area contributed by atoms with Crippen LogP contribution in [-0.4, -0.2) is 36.1 Å². The van der Waals surface area contributed by atoms with Gasteiger partial charge in [0.25, 0.3) is 0 Å². The van der Waals surface area contributed by atoms with Crippen molar-refractivity contribution >= 4 is 11.3 Å².